The second kappa shape index (κ2) is 8.74. The normalized spacial score (nSPS) is 19.4. The van der Waals surface area contributed by atoms with Gasteiger partial charge < -0.3 is 19.3 Å². The minimum atomic E-state index is 0.0389. The topological polar surface area (TPSA) is 59.1 Å². The summed E-state index contributed by atoms with van der Waals surface area (Å²) in [6, 6.07) is 7.45. The number of piperidine rings is 2. The third-order valence-corrected chi connectivity index (χ3v) is 5.84. The first kappa shape index (κ1) is 19.7. The smallest absolute Gasteiger partial charge is 0.257 e. The van der Waals surface area contributed by atoms with Crippen LogP contribution in [0, 0.1) is 5.41 Å². The highest BCUT2D eigenvalue weighted by Gasteiger charge is 2.41. The van der Waals surface area contributed by atoms with Crippen molar-refractivity contribution in [1.82, 2.24) is 9.80 Å². The number of methoxy groups -OCH3 is 1. The first-order chi connectivity index (χ1) is 13.1. The molecule has 27 heavy (non-hydrogen) atoms. The predicted octanol–water partition coefficient (Wildman–Crippen LogP) is 2.58. The van der Waals surface area contributed by atoms with Gasteiger partial charge in [0, 0.05) is 39.7 Å². The Kier molecular flexibility index (Phi) is 6.37. The maximum Gasteiger partial charge on any atom is 0.257 e. The summed E-state index contributed by atoms with van der Waals surface area (Å²) >= 11 is 0. The number of amides is 2. The van der Waals surface area contributed by atoms with Crippen LogP contribution in [0.1, 0.15) is 43.0 Å². The maximum absolute atomic E-state index is 13.0. The lowest BCUT2D eigenvalue weighted by Gasteiger charge is -2.47. The number of rotatable bonds is 6. The molecule has 0 N–H and O–H groups in total. The molecular weight excluding hydrogens is 344 g/mol. The Morgan fingerprint density at radius 1 is 1.19 bits per heavy atom. The van der Waals surface area contributed by atoms with Crippen LogP contribution in [0.2, 0.25) is 0 Å². The molecule has 2 fully saturated rings. The fraction of sp³-hybridized carbons (Fsp3) is 0.619. The molecule has 2 aliphatic rings. The van der Waals surface area contributed by atoms with Gasteiger partial charge in [-0.15, -0.1) is 0 Å². The number of hydrogen-bond donors (Lipinski definition) is 0. The first-order valence-electron chi connectivity index (χ1n) is 9.86. The van der Waals surface area contributed by atoms with Crippen LogP contribution in [0.25, 0.3) is 0 Å². The van der Waals surface area contributed by atoms with Gasteiger partial charge in [-0.05, 0) is 43.7 Å². The van der Waals surface area contributed by atoms with Crippen molar-refractivity contribution < 1.29 is 19.1 Å². The van der Waals surface area contributed by atoms with E-state index >= 15 is 0 Å². The Balaban J connectivity index is 1.63. The summed E-state index contributed by atoms with van der Waals surface area (Å²) in [4.78, 5) is 29.0. The summed E-state index contributed by atoms with van der Waals surface area (Å²) in [6.07, 6.45) is 3.40. The molecule has 0 radical (unpaired) electrons. The predicted molar refractivity (Wildman–Crippen MR) is 103 cm³/mol. The van der Waals surface area contributed by atoms with E-state index in [-0.39, 0.29) is 17.2 Å². The van der Waals surface area contributed by atoms with E-state index in [0.29, 0.717) is 37.5 Å². The zero-order chi connectivity index (χ0) is 19.3. The summed E-state index contributed by atoms with van der Waals surface area (Å²) in [5.74, 6) is 0.915. The van der Waals surface area contributed by atoms with Crippen LogP contribution in [-0.2, 0) is 9.53 Å². The zero-order valence-electron chi connectivity index (χ0n) is 16.4. The van der Waals surface area contributed by atoms with Crippen LogP contribution in [0.3, 0.4) is 0 Å². The van der Waals surface area contributed by atoms with Gasteiger partial charge >= 0.3 is 0 Å². The molecule has 6 heteroatoms. The first-order valence-corrected chi connectivity index (χ1v) is 9.86. The number of likely N-dealkylation sites (tertiary alicyclic amines) is 2. The Morgan fingerprint density at radius 2 is 1.93 bits per heavy atom. The van der Waals surface area contributed by atoms with Crippen LogP contribution in [0.4, 0.5) is 0 Å². The SMILES string of the molecule is CCOc1ccccc1C(=O)N1CCC2(CCC(=O)N(CCOC)C2)CC1. The Morgan fingerprint density at radius 3 is 2.63 bits per heavy atom. The molecule has 148 valence electrons. The summed E-state index contributed by atoms with van der Waals surface area (Å²) in [5, 5.41) is 0. The average molecular weight is 374 g/mol. The van der Waals surface area contributed by atoms with E-state index in [9.17, 15) is 9.59 Å². The van der Waals surface area contributed by atoms with Crippen molar-refractivity contribution >= 4 is 11.8 Å². The van der Waals surface area contributed by atoms with E-state index in [1.165, 1.54) is 0 Å². The molecule has 0 saturated carbocycles. The van der Waals surface area contributed by atoms with Crippen molar-refractivity contribution in [2.75, 3.05) is 46.5 Å². The Hall–Kier alpha value is -2.08. The summed E-state index contributed by atoms with van der Waals surface area (Å²) in [6.45, 7) is 5.93. The number of hydrogen-bond acceptors (Lipinski definition) is 4. The van der Waals surface area contributed by atoms with Crippen molar-refractivity contribution in [2.24, 2.45) is 5.41 Å². The van der Waals surface area contributed by atoms with Crippen molar-refractivity contribution in [3.05, 3.63) is 29.8 Å². The Bertz CT molecular complexity index is 668. The molecule has 1 spiro atoms. The highest BCUT2D eigenvalue weighted by molar-refractivity contribution is 5.97. The molecule has 3 rings (SSSR count). The van der Waals surface area contributed by atoms with Gasteiger partial charge in [0.25, 0.3) is 5.91 Å². The number of ether oxygens (including phenoxy) is 2. The minimum absolute atomic E-state index is 0.0389. The molecule has 0 aromatic heterocycles. The lowest BCUT2D eigenvalue weighted by Crippen LogP contribution is -2.52. The van der Waals surface area contributed by atoms with Crippen LogP contribution in [0.15, 0.2) is 24.3 Å². The molecule has 0 aliphatic carbocycles. The third-order valence-electron chi connectivity index (χ3n) is 5.84. The minimum Gasteiger partial charge on any atom is -0.493 e. The fourth-order valence-electron chi connectivity index (χ4n) is 4.19. The number of carbonyl (C=O) groups is 2. The molecule has 0 unspecified atom stereocenters. The van der Waals surface area contributed by atoms with Crippen molar-refractivity contribution in [2.45, 2.75) is 32.6 Å². The van der Waals surface area contributed by atoms with Crippen LogP contribution in [0.5, 0.6) is 5.75 Å². The van der Waals surface area contributed by atoms with E-state index in [1.54, 1.807) is 7.11 Å². The standard InChI is InChI=1S/C21H30N2O4/c1-3-27-18-7-5-4-6-17(18)20(25)22-12-10-21(11-13-22)9-8-19(24)23(16-21)14-15-26-2/h4-7H,3,8-16H2,1-2H3. The van der Waals surface area contributed by atoms with Crippen molar-refractivity contribution in [3.8, 4) is 5.75 Å². The van der Waals surface area contributed by atoms with Crippen molar-refractivity contribution in [3.63, 3.8) is 0 Å². The molecule has 2 aliphatic heterocycles. The lowest BCUT2D eigenvalue weighted by atomic mass is 9.72. The summed E-state index contributed by atoms with van der Waals surface area (Å²) in [5.41, 5.74) is 0.772. The monoisotopic (exact) mass is 374 g/mol. The van der Waals surface area contributed by atoms with Gasteiger partial charge in [-0.1, -0.05) is 12.1 Å². The van der Waals surface area contributed by atoms with E-state index < -0.39 is 0 Å². The third kappa shape index (κ3) is 4.43. The summed E-state index contributed by atoms with van der Waals surface area (Å²) < 4.78 is 10.8. The maximum atomic E-state index is 13.0. The van der Waals surface area contributed by atoms with E-state index in [4.69, 9.17) is 9.47 Å². The summed E-state index contributed by atoms with van der Waals surface area (Å²) in [7, 11) is 1.66. The molecule has 1 aromatic carbocycles. The molecule has 1 aromatic rings. The second-order valence-electron chi connectivity index (χ2n) is 7.53. The van der Waals surface area contributed by atoms with E-state index in [1.807, 2.05) is 41.0 Å². The fourth-order valence-corrected chi connectivity index (χ4v) is 4.19. The molecule has 2 amide bonds. The Labute approximate surface area is 161 Å². The molecule has 2 heterocycles. The number of benzene rings is 1. The average Bonchev–Trinajstić information content (AvgIpc) is 2.70. The zero-order valence-corrected chi connectivity index (χ0v) is 16.4. The molecule has 0 bridgehead atoms. The van der Waals surface area contributed by atoms with Gasteiger partial charge in [0.05, 0.1) is 18.8 Å². The van der Waals surface area contributed by atoms with Gasteiger partial charge in [-0.25, -0.2) is 0 Å². The second-order valence-corrected chi connectivity index (χ2v) is 7.53. The molecule has 6 nitrogen and oxygen atoms in total. The van der Waals surface area contributed by atoms with Crippen LogP contribution >= 0.6 is 0 Å². The lowest BCUT2D eigenvalue weighted by molar-refractivity contribution is -0.139. The largest absolute Gasteiger partial charge is 0.493 e. The number of nitrogens with zero attached hydrogens (tertiary/aromatic N) is 2. The number of para-hydroxylation sites is 1. The van der Waals surface area contributed by atoms with Crippen LogP contribution in [-0.4, -0.2) is 68.1 Å². The molecule has 2 saturated heterocycles. The van der Waals surface area contributed by atoms with Gasteiger partial charge in [-0.2, -0.15) is 0 Å². The molecular formula is C21H30N2O4. The van der Waals surface area contributed by atoms with Gasteiger partial charge in [-0.3, -0.25) is 9.59 Å². The van der Waals surface area contributed by atoms with Crippen molar-refractivity contribution in [1.29, 1.82) is 0 Å². The van der Waals surface area contributed by atoms with Gasteiger partial charge in [0.2, 0.25) is 5.91 Å². The van der Waals surface area contributed by atoms with E-state index in [0.717, 1.165) is 38.9 Å². The highest BCUT2D eigenvalue weighted by Crippen LogP contribution is 2.40. The van der Waals surface area contributed by atoms with Gasteiger partial charge in [0.15, 0.2) is 0 Å². The number of carbonyl (C=O) groups excluding carboxylic acids is 2. The van der Waals surface area contributed by atoms with Crippen LogP contribution < -0.4 is 4.74 Å². The van der Waals surface area contributed by atoms with E-state index in [2.05, 4.69) is 0 Å². The molecule has 0 atom stereocenters. The van der Waals surface area contributed by atoms with Gasteiger partial charge in [0.1, 0.15) is 5.75 Å². The highest BCUT2D eigenvalue weighted by atomic mass is 16.5. The quantitative estimate of drug-likeness (QED) is 0.768.